The van der Waals surface area contributed by atoms with Crippen LogP contribution in [-0.4, -0.2) is 32.1 Å². The van der Waals surface area contributed by atoms with Gasteiger partial charge in [-0.1, -0.05) is 19.9 Å². The normalized spacial score (nSPS) is 13.9. The zero-order valence-corrected chi connectivity index (χ0v) is 14.1. The third kappa shape index (κ3) is 5.05. The molecule has 0 saturated carbocycles. The molecule has 0 bridgehead atoms. The van der Waals surface area contributed by atoms with Gasteiger partial charge in [0, 0.05) is 25.8 Å². The first kappa shape index (κ1) is 17.5. The first-order valence-electron chi connectivity index (χ1n) is 7.55. The lowest BCUT2D eigenvalue weighted by molar-refractivity contribution is -0.123. The summed E-state index contributed by atoms with van der Waals surface area (Å²) in [5.41, 5.74) is 9.56. The minimum atomic E-state index is -0.440. The number of hydrogen-bond acceptors (Lipinski definition) is 3. The molecule has 1 amide bonds. The van der Waals surface area contributed by atoms with E-state index >= 15 is 0 Å². The topological polar surface area (TPSA) is 58.4 Å². The molecule has 118 valence electrons. The van der Waals surface area contributed by atoms with E-state index in [0.717, 1.165) is 6.42 Å². The Kier molecular flexibility index (Phi) is 6.21. The van der Waals surface area contributed by atoms with Gasteiger partial charge in [0.05, 0.1) is 6.04 Å². The third-order valence-electron chi connectivity index (χ3n) is 3.78. The summed E-state index contributed by atoms with van der Waals surface area (Å²) >= 11 is 0. The van der Waals surface area contributed by atoms with Crippen LogP contribution in [0.5, 0.6) is 0 Å². The van der Waals surface area contributed by atoms with Gasteiger partial charge in [-0.2, -0.15) is 0 Å². The number of carbonyl (C=O) groups is 1. The fraction of sp³-hybridized carbons (Fsp3) is 0.588. The molecule has 0 fully saturated rings. The van der Waals surface area contributed by atoms with Gasteiger partial charge in [0.1, 0.15) is 0 Å². The average molecular weight is 291 g/mol. The van der Waals surface area contributed by atoms with Crippen molar-refractivity contribution in [3.05, 3.63) is 29.3 Å². The first-order chi connectivity index (χ1) is 9.72. The van der Waals surface area contributed by atoms with Gasteiger partial charge < -0.3 is 16.0 Å². The number of amides is 1. The van der Waals surface area contributed by atoms with Gasteiger partial charge in [-0.3, -0.25) is 4.79 Å². The van der Waals surface area contributed by atoms with Crippen molar-refractivity contribution in [2.75, 3.05) is 19.0 Å². The molecule has 4 heteroatoms. The minimum absolute atomic E-state index is 0.0694. The molecule has 0 radical (unpaired) electrons. The maximum Gasteiger partial charge on any atom is 0.237 e. The Labute approximate surface area is 128 Å². The molecule has 2 atom stereocenters. The van der Waals surface area contributed by atoms with Gasteiger partial charge in [0.15, 0.2) is 0 Å². The second-order valence-electron chi connectivity index (χ2n) is 6.39. The monoisotopic (exact) mass is 291 g/mol. The van der Waals surface area contributed by atoms with E-state index in [1.54, 1.807) is 0 Å². The average Bonchev–Trinajstić information content (AvgIpc) is 2.39. The quantitative estimate of drug-likeness (QED) is 0.844. The lowest BCUT2D eigenvalue weighted by atomic mass is 10.00. The summed E-state index contributed by atoms with van der Waals surface area (Å²) in [5, 5.41) is 3.00. The zero-order chi connectivity index (χ0) is 16.2. The predicted octanol–water partition coefficient (Wildman–Crippen LogP) is 2.09. The number of benzene rings is 1. The van der Waals surface area contributed by atoms with Crippen molar-refractivity contribution < 1.29 is 4.79 Å². The second kappa shape index (κ2) is 7.46. The van der Waals surface area contributed by atoms with Crippen LogP contribution in [0, 0.1) is 12.8 Å². The Bertz CT molecular complexity index is 483. The zero-order valence-electron chi connectivity index (χ0n) is 14.1. The predicted molar refractivity (Wildman–Crippen MR) is 89.6 cm³/mol. The number of rotatable bonds is 6. The smallest absolute Gasteiger partial charge is 0.237 e. The van der Waals surface area contributed by atoms with Gasteiger partial charge in [0.2, 0.25) is 5.91 Å². The van der Waals surface area contributed by atoms with Gasteiger partial charge >= 0.3 is 0 Å². The van der Waals surface area contributed by atoms with Crippen molar-refractivity contribution in [2.45, 2.75) is 46.2 Å². The number of nitrogens with zero attached hydrogens (tertiary/aromatic N) is 1. The summed E-state index contributed by atoms with van der Waals surface area (Å²) in [6.07, 6.45) is 0.816. The second-order valence-corrected chi connectivity index (χ2v) is 6.39. The molecule has 0 aliphatic rings. The van der Waals surface area contributed by atoms with Crippen molar-refractivity contribution in [2.24, 2.45) is 11.7 Å². The van der Waals surface area contributed by atoms with Crippen LogP contribution in [0.2, 0.25) is 0 Å². The van der Waals surface area contributed by atoms with E-state index in [2.05, 4.69) is 35.3 Å². The lowest BCUT2D eigenvalue weighted by Gasteiger charge is -2.21. The van der Waals surface area contributed by atoms with E-state index in [4.69, 9.17) is 5.73 Å². The summed E-state index contributed by atoms with van der Waals surface area (Å²) in [6.45, 7) is 8.04. The molecule has 0 aliphatic carbocycles. The first-order valence-corrected chi connectivity index (χ1v) is 7.55. The number of nitrogens with one attached hydrogen (secondary N) is 1. The summed E-state index contributed by atoms with van der Waals surface area (Å²) in [4.78, 5) is 14.1. The molecule has 1 aromatic rings. The van der Waals surface area contributed by atoms with Crippen LogP contribution >= 0.6 is 0 Å². The maximum atomic E-state index is 12.0. The minimum Gasteiger partial charge on any atom is -0.378 e. The summed E-state index contributed by atoms with van der Waals surface area (Å²) < 4.78 is 0. The molecular formula is C17H29N3O. The van der Waals surface area contributed by atoms with Gasteiger partial charge in [-0.15, -0.1) is 0 Å². The van der Waals surface area contributed by atoms with Crippen molar-refractivity contribution in [1.82, 2.24) is 5.32 Å². The van der Waals surface area contributed by atoms with E-state index in [-0.39, 0.29) is 17.9 Å². The van der Waals surface area contributed by atoms with Crippen LogP contribution in [0.3, 0.4) is 0 Å². The molecule has 1 aromatic carbocycles. The van der Waals surface area contributed by atoms with Crippen molar-refractivity contribution in [3.63, 3.8) is 0 Å². The van der Waals surface area contributed by atoms with E-state index in [9.17, 15) is 4.79 Å². The highest BCUT2D eigenvalue weighted by Gasteiger charge is 2.19. The summed E-state index contributed by atoms with van der Waals surface area (Å²) in [7, 11) is 4.06. The van der Waals surface area contributed by atoms with Crippen LogP contribution in [0.25, 0.3) is 0 Å². The fourth-order valence-corrected chi connectivity index (χ4v) is 2.21. The SMILES string of the molecule is Cc1cc(N(C)C)ccc1C[C@H](C)NC(=O)[C@H](N)C(C)C. The standard InChI is InChI=1S/C17H29N3O/c1-11(2)16(18)17(21)19-13(4)10-14-7-8-15(20(5)6)9-12(14)3/h7-9,11,13,16H,10,18H2,1-6H3,(H,19,21)/t13-,16+/m0/s1. The molecule has 0 spiro atoms. The molecular weight excluding hydrogens is 262 g/mol. The number of aryl methyl sites for hydroxylation is 1. The molecule has 1 rings (SSSR count). The van der Waals surface area contributed by atoms with Crippen LogP contribution in [0.15, 0.2) is 18.2 Å². The Hall–Kier alpha value is -1.55. The molecule has 0 unspecified atom stereocenters. The van der Waals surface area contributed by atoms with E-state index in [0.29, 0.717) is 0 Å². The number of hydrogen-bond donors (Lipinski definition) is 2. The molecule has 0 aromatic heterocycles. The van der Waals surface area contributed by atoms with Crippen LogP contribution in [-0.2, 0) is 11.2 Å². The van der Waals surface area contributed by atoms with Crippen molar-refractivity contribution >= 4 is 11.6 Å². The van der Waals surface area contributed by atoms with Gasteiger partial charge in [-0.25, -0.2) is 0 Å². The molecule has 4 nitrogen and oxygen atoms in total. The lowest BCUT2D eigenvalue weighted by Crippen LogP contribution is -2.47. The van der Waals surface area contributed by atoms with E-state index in [1.165, 1.54) is 16.8 Å². The van der Waals surface area contributed by atoms with E-state index < -0.39 is 6.04 Å². The molecule has 0 saturated heterocycles. The summed E-state index contributed by atoms with van der Waals surface area (Å²) in [6, 6.07) is 6.05. The Morgan fingerprint density at radius 2 is 1.90 bits per heavy atom. The number of anilines is 1. The highest BCUT2D eigenvalue weighted by molar-refractivity contribution is 5.82. The molecule has 0 heterocycles. The van der Waals surface area contributed by atoms with E-state index in [1.807, 2.05) is 34.9 Å². The largest absolute Gasteiger partial charge is 0.378 e. The highest BCUT2D eigenvalue weighted by atomic mass is 16.2. The van der Waals surface area contributed by atoms with Crippen molar-refractivity contribution in [1.29, 1.82) is 0 Å². The number of carbonyl (C=O) groups excluding carboxylic acids is 1. The van der Waals surface area contributed by atoms with Crippen LogP contribution < -0.4 is 16.0 Å². The molecule has 3 N–H and O–H groups in total. The fourth-order valence-electron chi connectivity index (χ4n) is 2.21. The van der Waals surface area contributed by atoms with Crippen LogP contribution in [0.4, 0.5) is 5.69 Å². The maximum absolute atomic E-state index is 12.0. The Balaban J connectivity index is 2.67. The highest BCUT2D eigenvalue weighted by Crippen LogP contribution is 2.18. The van der Waals surface area contributed by atoms with Crippen LogP contribution in [0.1, 0.15) is 31.9 Å². The van der Waals surface area contributed by atoms with Gasteiger partial charge in [-0.05, 0) is 49.4 Å². The number of nitrogens with two attached hydrogens (primary N) is 1. The molecule has 21 heavy (non-hydrogen) atoms. The summed E-state index contributed by atoms with van der Waals surface area (Å²) in [5.74, 6) is 0.0818. The van der Waals surface area contributed by atoms with Gasteiger partial charge in [0.25, 0.3) is 0 Å². The molecule has 0 aliphatic heterocycles. The Morgan fingerprint density at radius 3 is 2.38 bits per heavy atom. The van der Waals surface area contributed by atoms with Crippen molar-refractivity contribution in [3.8, 4) is 0 Å². The Morgan fingerprint density at radius 1 is 1.29 bits per heavy atom. The third-order valence-corrected chi connectivity index (χ3v) is 3.78.